The molecular formula is C62H70F4N22O17P4S4. The average Bonchev–Trinajstić information content (AvgIpc) is 1.62. The molecule has 6 aliphatic rings. The number of hydrogen-bond acceptors (Lipinski definition) is 34. The van der Waals surface area contributed by atoms with Crippen LogP contribution in [0.3, 0.4) is 0 Å². The summed E-state index contributed by atoms with van der Waals surface area (Å²) < 4.78 is 149. The second-order valence-corrected chi connectivity index (χ2v) is 36.7. The molecule has 2 saturated carbocycles. The van der Waals surface area contributed by atoms with Crippen LogP contribution in [0, 0.1) is 23.2 Å². The van der Waals surface area contributed by atoms with Gasteiger partial charge in [-0.3, -0.25) is 27.8 Å². The van der Waals surface area contributed by atoms with Crippen molar-refractivity contribution in [2.24, 2.45) is 17.6 Å². The fourth-order valence-corrected chi connectivity index (χ4v) is 20.0. The number of aliphatic hydroxyl groups is 1. The number of rotatable bonds is 11. The summed E-state index contributed by atoms with van der Waals surface area (Å²) in [6.07, 6.45) is -9.35. The molecule has 6 fully saturated rings. The zero-order valence-electron chi connectivity index (χ0n) is 58.9. The predicted octanol–water partition coefficient (Wildman–Crippen LogP) is 7.10. The zero-order chi connectivity index (χ0) is 80.3. The molecule has 51 heteroatoms. The number of ether oxygens (including phenoxy) is 2. The summed E-state index contributed by atoms with van der Waals surface area (Å²) in [6.45, 7) is -17.1. The van der Waals surface area contributed by atoms with Gasteiger partial charge in [0.15, 0.2) is 81.7 Å². The highest BCUT2D eigenvalue weighted by Crippen LogP contribution is 2.61. The van der Waals surface area contributed by atoms with Crippen LogP contribution < -0.4 is 27.8 Å². The van der Waals surface area contributed by atoms with Gasteiger partial charge in [0.25, 0.3) is 11.8 Å². The normalized spacial score (nSPS) is 31.8. The summed E-state index contributed by atoms with van der Waals surface area (Å²) in [5.41, 5.74) is 18.5. The van der Waals surface area contributed by atoms with E-state index in [-0.39, 0.29) is 107 Å². The summed E-state index contributed by atoms with van der Waals surface area (Å²) in [4.78, 5) is 98.3. The van der Waals surface area contributed by atoms with Crippen LogP contribution in [0.1, 0.15) is 71.4 Å². The minimum absolute atomic E-state index is 0.0117. The van der Waals surface area contributed by atoms with Crippen LogP contribution in [0.5, 0.6) is 0 Å². The Labute approximate surface area is 657 Å². The first kappa shape index (κ1) is 83.3. The number of hydrogen-bond donors (Lipinski definition) is 9. The van der Waals surface area contributed by atoms with E-state index in [4.69, 9.17) is 102 Å². The van der Waals surface area contributed by atoms with Crippen molar-refractivity contribution in [2.75, 3.05) is 68.8 Å². The molecule has 0 spiro atoms. The Morgan fingerprint density at radius 1 is 0.566 bits per heavy atom. The lowest BCUT2D eigenvalue weighted by atomic mass is 10.1. The molecular weight excluding hydrogens is 1650 g/mol. The highest BCUT2D eigenvalue weighted by Gasteiger charge is 2.56. The number of thiol groups is 1. The molecule has 4 saturated heterocycles. The third-order valence-corrected chi connectivity index (χ3v) is 25.5. The maximum Gasteiger partial charge on any atom is 0.386 e. The smallest absolute Gasteiger partial charge is 0.386 e. The van der Waals surface area contributed by atoms with Crippen molar-refractivity contribution < 1.29 is 96.8 Å². The van der Waals surface area contributed by atoms with E-state index >= 15 is 17.6 Å². The second kappa shape index (κ2) is 35.4. The van der Waals surface area contributed by atoms with Gasteiger partial charge in [-0.25, -0.2) is 81.9 Å². The summed E-state index contributed by atoms with van der Waals surface area (Å²) in [7, 11) is 1.50. The first-order valence-electron chi connectivity index (χ1n) is 34.2. The highest BCUT2D eigenvalue weighted by atomic mass is 32.7. The third-order valence-electron chi connectivity index (χ3n) is 18.4. The van der Waals surface area contributed by atoms with E-state index in [1.165, 1.54) is 69.6 Å². The molecule has 2 aliphatic carbocycles. The summed E-state index contributed by atoms with van der Waals surface area (Å²) >= 11 is 20.5. The van der Waals surface area contributed by atoms with Crippen molar-refractivity contribution in [3.05, 3.63) is 122 Å². The van der Waals surface area contributed by atoms with Crippen LogP contribution >= 0.6 is 39.2 Å². The monoisotopic (exact) mass is 1720 g/mol. The molecule has 0 bridgehead atoms. The number of aromatic nitrogens is 16. The summed E-state index contributed by atoms with van der Waals surface area (Å²) in [5.74, 6) is -2.31. The average molecular weight is 1720 g/mol. The number of anilines is 4. The Bertz CT molecular complexity index is 5210. The Morgan fingerprint density at radius 2 is 0.956 bits per heavy atom. The third kappa shape index (κ3) is 18.0. The first-order chi connectivity index (χ1) is 54.3. The Hall–Kier alpha value is -7.68. The minimum Gasteiger partial charge on any atom is -0.397 e. The molecule has 11 N–H and O–H groups in total. The van der Waals surface area contributed by atoms with E-state index in [1.807, 2.05) is 6.07 Å². The molecule has 12 heterocycles. The molecule has 8 aromatic heterocycles. The maximum atomic E-state index is 16.9. The molecule has 0 radical (unpaired) electrons. The van der Waals surface area contributed by atoms with Crippen LogP contribution in [0.25, 0.3) is 44.7 Å². The number of aliphatic hydroxyl groups excluding tert-OH is 1. The van der Waals surface area contributed by atoms with Gasteiger partial charge in [-0.2, -0.15) is 5.26 Å². The number of fused-ring (bicyclic) bond motifs is 8. The van der Waals surface area contributed by atoms with Gasteiger partial charge < -0.3 is 93.0 Å². The van der Waals surface area contributed by atoms with E-state index < -0.39 is 156 Å². The fourth-order valence-electron chi connectivity index (χ4n) is 13.3. The molecule has 16 rings (SSSR count). The highest BCUT2D eigenvalue weighted by molar-refractivity contribution is 8.44. The SMILES string of the molecule is CCO.CN.N#CCCOP1(=S)OC[C@H]2C[C@@H](n3cnc4c(NC(=O)c5ccccc5)ncnc43)[C@H](F)[C@@H]2OP(O)(=S)OC[C@H]2O[C@@H](n3cnc4c(NC(=O)c5ccccc5)ncnc43)[C@H](F)[C@@H]2O1.Nc1ncnc2c1ncn2[C@@H]1C[C@@H]2COP(=O)(S)O[C@H]3[C@@H](F)[C@H](n4cnc5c(N)ncnc54)O[C@@H]3COP(O)(=S)O[C@H]2[C@H]1F. The van der Waals surface area contributed by atoms with E-state index in [0.29, 0.717) is 11.1 Å². The number of benzene rings is 2. The lowest BCUT2D eigenvalue weighted by Crippen LogP contribution is -2.36. The van der Waals surface area contributed by atoms with Crippen molar-refractivity contribution in [1.82, 2.24) is 78.1 Å². The van der Waals surface area contributed by atoms with Crippen LogP contribution in [-0.4, -0.2) is 213 Å². The number of halogens is 4. The standard InChI is InChI=1S/C38H35F2N11O9P2S2.C21H24F2N10O7P2S2.C2H6O.CH5N/c39-26-24(50-19-46-28-32(42-17-44-34(28)50)48-36(52)21-8-3-1-4-9-21)14-23-15-57-62(64,55-13-7-12-41)60-31-25(16-56-61(54,63)59-30(23)26)58-38(27(31)40)51-20-47-29-33(43-18-45-35(29)51)49-37(53)22-10-5-2-6-11-22;22-11-9(32-6-30-13-17(24)26-4-28-19(13)32)1-8-2-36-41(34,43)40-16-10(3-37-42(35,44)39-15(8)11)38-21(12(16)23)33-7-31-14-18(25)27-5-29-20(14)33;1-2-3;1-2/h1-6,8-11,17-20,23-27,30-31,38H,7,13-16H2,(H,54,63)(H,42,44,48,52)(H,43,45,49,53);4-12,15-16,21H,1-3H2,(H,34,43)(H,35,44)(H2,24,26,28)(H2,25,27,29);3H,2H2,1H3;2H2,1H3/t23-,24-,25-,26+,27-,30-,31-,38-,61?,62?;8-,9-,10-,11+,12-,15-,16-,21-,41?,42?;;/m11../s1. The Balaban J connectivity index is 0.000000198. The lowest BCUT2D eigenvalue weighted by molar-refractivity contribution is -0.0491. The van der Waals surface area contributed by atoms with Crippen molar-refractivity contribution in [3.8, 4) is 6.07 Å². The molecule has 2 amide bonds. The van der Waals surface area contributed by atoms with Gasteiger partial charge in [-0.1, -0.05) is 48.6 Å². The van der Waals surface area contributed by atoms with Crippen molar-refractivity contribution in [2.45, 2.75) is 112 Å². The number of amides is 2. The summed E-state index contributed by atoms with van der Waals surface area (Å²) in [5, 5.41) is 22.3. The van der Waals surface area contributed by atoms with E-state index in [0.717, 1.165) is 6.33 Å². The number of alkyl halides is 4. The molecule has 4 unspecified atom stereocenters. The van der Waals surface area contributed by atoms with E-state index in [1.54, 1.807) is 67.6 Å². The number of carbonyl (C=O) groups is 2. The zero-order valence-corrected chi connectivity index (χ0v) is 65.8. The number of nitriles is 1. The predicted molar refractivity (Wildman–Crippen MR) is 407 cm³/mol. The van der Waals surface area contributed by atoms with Gasteiger partial charge in [0.05, 0.1) is 82.9 Å². The summed E-state index contributed by atoms with van der Waals surface area (Å²) in [6, 6.07) is 16.9. The van der Waals surface area contributed by atoms with Crippen molar-refractivity contribution >= 4 is 154 Å². The van der Waals surface area contributed by atoms with E-state index in [9.17, 15) is 29.2 Å². The van der Waals surface area contributed by atoms with Gasteiger partial charge in [-0.05, 0) is 86.5 Å². The van der Waals surface area contributed by atoms with Gasteiger partial charge in [0, 0.05) is 29.6 Å². The van der Waals surface area contributed by atoms with Crippen LogP contribution in [-0.2, 0) is 90.2 Å². The second-order valence-electron chi connectivity index (χ2n) is 25.3. The molecule has 602 valence electrons. The molecule has 20 atom stereocenters. The van der Waals surface area contributed by atoms with Gasteiger partial charge in [0.1, 0.15) is 85.3 Å². The van der Waals surface area contributed by atoms with E-state index in [2.05, 4.69) is 88.4 Å². The maximum absolute atomic E-state index is 16.9. The topological polar surface area (TPSA) is 514 Å². The Kier molecular flexibility index (Phi) is 26.1. The quantitative estimate of drug-likeness (QED) is 0.0269. The number of nitrogens with zero attached hydrogens (tertiary/aromatic N) is 17. The van der Waals surface area contributed by atoms with Crippen LogP contribution in [0.4, 0.5) is 40.8 Å². The van der Waals surface area contributed by atoms with Gasteiger partial charge >= 0.3 is 27.0 Å². The number of imidazole rings is 4. The molecule has 39 nitrogen and oxygen atoms in total. The molecule has 113 heavy (non-hydrogen) atoms. The number of nitrogens with two attached hydrogens (primary N) is 3. The Morgan fingerprint density at radius 3 is 1.41 bits per heavy atom. The molecule has 10 aromatic rings. The van der Waals surface area contributed by atoms with Crippen molar-refractivity contribution in [3.63, 3.8) is 0 Å². The number of carbonyl (C=O) groups excluding carboxylic acids is 2. The molecule has 2 aromatic carbocycles. The van der Waals surface area contributed by atoms with Crippen LogP contribution in [0.15, 0.2) is 111 Å². The van der Waals surface area contributed by atoms with Gasteiger partial charge in [-0.15, -0.1) is 0 Å². The lowest BCUT2D eigenvalue weighted by Gasteiger charge is -2.32. The first-order valence-corrected chi connectivity index (χ1v) is 44.6. The van der Waals surface area contributed by atoms with Crippen LogP contribution in [0.2, 0.25) is 0 Å². The number of nitrogen functional groups attached to an aromatic ring is 2. The van der Waals surface area contributed by atoms with Gasteiger partial charge in [0.2, 0.25) is 0 Å². The largest absolute Gasteiger partial charge is 0.397 e. The van der Waals surface area contributed by atoms with Crippen molar-refractivity contribution in [1.29, 1.82) is 5.26 Å². The number of nitrogens with one attached hydrogen (secondary N) is 2. The molecule has 4 aliphatic heterocycles. The minimum atomic E-state index is -4.32. The fraction of sp³-hybridized carbons (Fsp3) is 0.435.